The van der Waals surface area contributed by atoms with Gasteiger partial charge >= 0.3 is 0 Å². The van der Waals surface area contributed by atoms with Crippen LogP contribution in [0.5, 0.6) is 0 Å². The normalized spacial score (nSPS) is 16.8. The second-order valence-electron chi connectivity index (χ2n) is 4.78. The van der Waals surface area contributed by atoms with Crippen LogP contribution in [0, 0.1) is 6.92 Å². The molecule has 20 heavy (non-hydrogen) atoms. The van der Waals surface area contributed by atoms with Crippen molar-refractivity contribution in [3.8, 4) is 0 Å². The molecule has 0 aromatic heterocycles. The van der Waals surface area contributed by atoms with Crippen LogP contribution in [0.4, 0.5) is 11.4 Å². The van der Waals surface area contributed by atoms with Gasteiger partial charge in [0.15, 0.2) is 0 Å². The van der Waals surface area contributed by atoms with E-state index in [9.17, 15) is 4.79 Å². The number of carbonyl (C=O) groups is 1. The average Bonchev–Trinajstić information content (AvgIpc) is 2.70. The second kappa shape index (κ2) is 5.00. The van der Waals surface area contributed by atoms with Crippen molar-refractivity contribution in [1.82, 2.24) is 0 Å². The second-order valence-corrected chi connectivity index (χ2v) is 5.63. The highest BCUT2D eigenvalue weighted by Gasteiger charge is 2.30. The molecule has 0 saturated carbocycles. The van der Waals surface area contributed by atoms with Gasteiger partial charge in [-0.3, -0.25) is 4.79 Å². The summed E-state index contributed by atoms with van der Waals surface area (Å²) in [5.41, 5.74) is 3.50. The van der Waals surface area contributed by atoms with Gasteiger partial charge in [-0.2, -0.15) is 0 Å². The predicted molar refractivity (Wildman–Crippen MR) is 82.6 cm³/mol. The van der Waals surface area contributed by atoms with E-state index in [-0.39, 0.29) is 5.91 Å². The molecule has 1 heterocycles. The molecule has 1 aliphatic heterocycles. The van der Waals surface area contributed by atoms with Crippen LogP contribution in [0.2, 0.25) is 10.0 Å². The van der Waals surface area contributed by atoms with Crippen LogP contribution in [0.1, 0.15) is 17.2 Å². The molecule has 3 rings (SSSR count). The van der Waals surface area contributed by atoms with Gasteiger partial charge in [0, 0.05) is 16.3 Å². The lowest BCUT2D eigenvalue weighted by atomic mass is 10.1. The molecule has 0 bridgehead atoms. The van der Waals surface area contributed by atoms with Gasteiger partial charge in [-0.1, -0.05) is 40.9 Å². The van der Waals surface area contributed by atoms with Crippen molar-refractivity contribution in [1.29, 1.82) is 0 Å². The molecule has 1 unspecified atom stereocenters. The van der Waals surface area contributed by atoms with Crippen molar-refractivity contribution in [3.63, 3.8) is 0 Å². The Balaban J connectivity index is 1.97. The van der Waals surface area contributed by atoms with Crippen LogP contribution in [-0.2, 0) is 4.79 Å². The number of amides is 1. The summed E-state index contributed by atoms with van der Waals surface area (Å²) in [7, 11) is 0. The van der Waals surface area contributed by atoms with Gasteiger partial charge < -0.3 is 10.6 Å². The maximum absolute atomic E-state index is 12.1. The number of fused-ring (bicyclic) bond motifs is 1. The van der Waals surface area contributed by atoms with Gasteiger partial charge in [-0.25, -0.2) is 0 Å². The highest BCUT2D eigenvalue weighted by atomic mass is 35.5. The van der Waals surface area contributed by atoms with E-state index in [1.807, 2.05) is 25.1 Å². The van der Waals surface area contributed by atoms with E-state index in [0.29, 0.717) is 15.7 Å². The molecular weight excluding hydrogens is 295 g/mol. The fraction of sp³-hybridized carbons (Fsp3) is 0.133. The minimum Gasteiger partial charge on any atom is -0.369 e. The summed E-state index contributed by atoms with van der Waals surface area (Å²) in [5.74, 6) is -0.0957. The molecule has 0 saturated heterocycles. The van der Waals surface area contributed by atoms with E-state index in [4.69, 9.17) is 23.2 Å². The smallest absolute Gasteiger partial charge is 0.251 e. The van der Waals surface area contributed by atoms with Gasteiger partial charge in [0.2, 0.25) is 0 Å². The first-order valence-electron chi connectivity index (χ1n) is 6.17. The summed E-state index contributed by atoms with van der Waals surface area (Å²) in [6.45, 7) is 1.99. The van der Waals surface area contributed by atoms with Gasteiger partial charge in [0.1, 0.15) is 6.04 Å². The standard InChI is InChI=1S/C15H12Cl2N2O/c1-8-2-5-12-10(6-8)14(15(20)19-12)18-13-7-9(16)3-4-11(13)17/h2-7,14,18H,1H3,(H,19,20). The number of halogens is 2. The molecule has 102 valence electrons. The highest BCUT2D eigenvalue weighted by molar-refractivity contribution is 6.35. The molecule has 1 aliphatic rings. The molecule has 2 aromatic carbocycles. The summed E-state index contributed by atoms with van der Waals surface area (Å²) >= 11 is 12.1. The lowest BCUT2D eigenvalue weighted by Crippen LogP contribution is -2.19. The summed E-state index contributed by atoms with van der Waals surface area (Å²) in [6, 6.07) is 10.5. The van der Waals surface area contributed by atoms with Crippen LogP contribution in [0.15, 0.2) is 36.4 Å². The van der Waals surface area contributed by atoms with Gasteiger partial charge in [-0.15, -0.1) is 0 Å². The van der Waals surface area contributed by atoms with Crippen molar-refractivity contribution in [2.24, 2.45) is 0 Å². The summed E-state index contributed by atoms with van der Waals surface area (Å²) < 4.78 is 0. The summed E-state index contributed by atoms with van der Waals surface area (Å²) in [5, 5.41) is 7.11. The van der Waals surface area contributed by atoms with Crippen LogP contribution in [0.25, 0.3) is 0 Å². The van der Waals surface area contributed by atoms with Crippen molar-refractivity contribution < 1.29 is 4.79 Å². The quantitative estimate of drug-likeness (QED) is 0.863. The molecule has 2 aromatic rings. The molecule has 2 N–H and O–H groups in total. The third-order valence-electron chi connectivity index (χ3n) is 3.27. The van der Waals surface area contributed by atoms with Crippen molar-refractivity contribution >= 4 is 40.5 Å². The molecule has 0 radical (unpaired) electrons. The zero-order valence-corrected chi connectivity index (χ0v) is 12.2. The number of benzene rings is 2. The first kappa shape index (κ1) is 13.3. The molecule has 0 fully saturated rings. The van der Waals surface area contributed by atoms with Crippen molar-refractivity contribution in [3.05, 3.63) is 57.6 Å². The monoisotopic (exact) mass is 306 g/mol. The summed E-state index contributed by atoms with van der Waals surface area (Å²) in [4.78, 5) is 12.1. The van der Waals surface area contributed by atoms with Crippen molar-refractivity contribution in [2.75, 3.05) is 10.6 Å². The Bertz CT molecular complexity index is 700. The lowest BCUT2D eigenvalue weighted by Gasteiger charge is -2.15. The maximum Gasteiger partial charge on any atom is 0.251 e. The average molecular weight is 307 g/mol. The molecule has 1 amide bonds. The number of anilines is 2. The largest absolute Gasteiger partial charge is 0.369 e. The van der Waals surface area contributed by atoms with Crippen molar-refractivity contribution in [2.45, 2.75) is 13.0 Å². The molecule has 3 nitrogen and oxygen atoms in total. The third kappa shape index (κ3) is 2.35. The van der Waals surface area contributed by atoms with Crippen LogP contribution < -0.4 is 10.6 Å². The number of carbonyl (C=O) groups excluding carboxylic acids is 1. The van der Waals surface area contributed by atoms with E-state index in [1.54, 1.807) is 18.2 Å². The first-order chi connectivity index (χ1) is 9.54. The Hall–Kier alpha value is -1.71. The SMILES string of the molecule is Cc1ccc2c(c1)C(Nc1cc(Cl)ccc1Cl)C(=O)N2. The lowest BCUT2D eigenvalue weighted by molar-refractivity contribution is -0.116. The predicted octanol–water partition coefficient (Wildman–Crippen LogP) is 4.41. The number of aryl methyl sites for hydroxylation is 1. The first-order valence-corrected chi connectivity index (χ1v) is 6.93. The third-order valence-corrected chi connectivity index (χ3v) is 3.83. The van der Waals surface area contributed by atoms with Crippen LogP contribution >= 0.6 is 23.2 Å². The zero-order valence-electron chi connectivity index (χ0n) is 10.7. The van der Waals surface area contributed by atoms with Crippen LogP contribution in [-0.4, -0.2) is 5.91 Å². The molecule has 5 heteroatoms. The fourth-order valence-corrected chi connectivity index (χ4v) is 2.63. The summed E-state index contributed by atoms with van der Waals surface area (Å²) in [6.07, 6.45) is 0. The fourth-order valence-electron chi connectivity index (χ4n) is 2.29. The minimum atomic E-state index is -0.458. The highest BCUT2D eigenvalue weighted by Crippen LogP contribution is 2.36. The van der Waals surface area contributed by atoms with E-state index in [2.05, 4.69) is 10.6 Å². The number of rotatable bonds is 2. The van der Waals surface area contributed by atoms with Gasteiger partial charge in [-0.05, 0) is 31.2 Å². The number of nitrogens with one attached hydrogen (secondary N) is 2. The minimum absolute atomic E-state index is 0.0957. The van der Waals surface area contributed by atoms with Gasteiger partial charge in [0.05, 0.1) is 10.7 Å². The van der Waals surface area contributed by atoms with E-state index in [0.717, 1.165) is 16.8 Å². The van der Waals surface area contributed by atoms with E-state index < -0.39 is 6.04 Å². The maximum atomic E-state index is 12.1. The van der Waals surface area contributed by atoms with E-state index >= 15 is 0 Å². The Labute approximate surface area is 126 Å². The zero-order chi connectivity index (χ0) is 14.3. The molecule has 0 aliphatic carbocycles. The van der Waals surface area contributed by atoms with Crippen LogP contribution in [0.3, 0.4) is 0 Å². The van der Waals surface area contributed by atoms with E-state index in [1.165, 1.54) is 0 Å². The Kier molecular flexibility index (Phi) is 3.32. The number of hydrogen-bond donors (Lipinski definition) is 2. The Morgan fingerprint density at radius 3 is 2.75 bits per heavy atom. The Morgan fingerprint density at radius 2 is 1.95 bits per heavy atom. The molecular formula is C15H12Cl2N2O. The molecule has 0 spiro atoms. The topological polar surface area (TPSA) is 41.1 Å². The van der Waals surface area contributed by atoms with Gasteiger partial charge in [0.25, 0.3) is 5.91 Å². The molecule has 1 atom stereocenters. The number of hydrogen-bond acceptors (Lipinski definition) is 2. The Morgan fingerprint density at radius 1 is 1.15 bits per heavy atom.